The van der Waals surface area contributed by atoms with E-state index in [1.807, 2.05) is 13.8 Å². The van der Waals surface area contributed by atoms with Crippen LogP contribution in [0.25, 0.3) is 0 Å². The van der Waals surface area contributed by atoms with E-state index >= 15 is 0 Å². The molecule has 2 aliphatic rings. The molecule has 0 bridgehead atoms. The Labute approximate surface area is 256 Å². The fraction of sp³-hybridized carbons (Fsp3) is 0.394. The maximum absolute atomic E-state index is 15.0. The molecule has 1 aliphatic carbocycles. The van der Waals surface area contributed by atoms with Crippen molar-refractivity contribution in [1.29, 1.82) is 0 Å². The van der Waals surface area contributed by atoms with E-state index in [0.29, 0.717) is 36.6 Å². The van der Waals surface area contributed by atoms with Crippen molar-refractivity contribution in [3.63, 3.8) is 0 Å². The minimum absolute atomic E-state index is 0.0203. The van der Waals surface area contributed by atoms with Gasteiger partial charge >= 0.3 is 0 Å². The number of aryl methyl sites for hydroxylation is 1. The number of aromatic nitrogens is 1. The number of nitrogens with one attached hydrogen (secondary N) is 2. The minimum Gasteiger partial charge on any atom is -0.379 e. The molecule has 1 saturated carbocycles. The number of anilines is 5. The van der Waals surface area contributed by atoms with Crippen LogP contribution in [-0.2, 0) is 21.4 Å². The standard InChI is InChI=1S/C31H34FN5O5.C2H6/c1-18-9-12-24(23(32)13-18)34-27-25(29(40)35(4)21-10-11-21)26(19(2)28(39)36(27)5)37(17-38)22-8-6-7-20(14-22)33-30(41)31(3)15-42-16-31;1-2/h6-9,12-14,17,21,34H,10-11,15-16H2,1-5H3,(H,33,41);1-2H3. The molecule has 0 atom stereocenters. The molecule has 1 aliphatic heterocycles. The van der Waals surface area contributed by atoms with Gasteiger partial charge < -0.3 is 20.3 Å². The molecule has 1 saturated heterocycles. The van der Waals surface area contributed by atoms with Gasteiger partial charge in [0.25, 0.3) is 11.5 Å². The van der Waals surface area contributed by atoms with Gasteiger partial charge in [-0.3, -0.25) is 28.6 Å². The molecule has 1 aromatic heterocycles. The van der Waals surface area contributed by atoms with Gasteiger partial charge in [0.05, 0.1) is 35.7 Å². The van der Waals surface area contributed by atoms with Crippen LogP contribution in [0.5, 0.6) is 0 Å². The van der Waals surface area contributed by atoms with E-state index in [1.54, 1.807) is 63.1 Å². The zero-order valence-electron chi connectivity index (χ0n) is 26.3. The number of carbonyl (C=O) groups excluding carboxylic acids is 3. The number of carbonyl (C=O) groups is 3. The van der Waals surface area contributed by atoms with Crippen molar-refractivity contribution in [2.45, 2.75) is 53.5 Å². The van der Waals surface area contributed by atoms with Crippen molar-refractivity contribution in [2.75, 3.05) is 35.8 Å². The van der Waals surface area contributed by atoms with Gasteiger partial charge in [-0.05, 0) is 69.5 Å². The Morgan fingerprint density at radius 2 is 1.80 bits per heavy atom. The highest BCUT2D eigenvalue weighted by molar-refractivity contribution is 6.09. The van der Waals surface area contributed by atoms with E-state index in [4.69, 9.17) is 4.74 Å². The lowest BCUT2D eigenvalue weighted by molar-refractivity contribution is -0.151. The summed E-state index contributed by atoms with van der Waals surface area (Å²) in [5.74, 6) is -1.15. The highest BCUT2D eigenvalue weighted by Gasteiger charge is 2.41. The summed E-state index contributed by atoms with van der Waals surface area (Å²) in [6.45, 7) is 9.72. The van der Waals surface area contributed by atoms with Crippen LogP contribution in [-0.4, -0.2) is 54.0 Å². The fourth-order valence-corrected chi connectivity index (χ4v) is 5.02. The van der Waals surface area contributed by atoms with E-state index < -0.39 is 22.7 Å². The maximum Gasteiger partial charge on any atom is 0.259 e. The number of benzene rings is 2. The summed E-state index contributed by atoms with van der Waals surface area (Å²) in [5, 5.41) is 5.83. The van der Waals surface area contributed by atoms with Gasteiger partial charge in [0.15, 0.2) is 0 Å². The Bertz CT molecular complexity index is 1640. The minimum atomic E-state index is -0.651. The first kappa shape index (κ1) is 32.4. The van der Waals surface area contributed by atoms with E-state index in [9.17, 15) is 23.6 Å². The third-order valence-corrected chi connectivity index (χ3v) is 7.91. The number of amides is 3. The lowest BCUT2D eigenvalue weighted by Gasteiger charge is -2.36. The predicted octanol–water partition coefficient (Wildman–Crippen LogP) is 5.41. The van der Waals surface area contributed by atoms with Gasteiger partial charge in [0.1, 0.15) is 17.2 Å². The molecule has 2 heterocycles. The molecule has 2 N–H and O–H groups in total. The van der Waals surface area contributed by atoms with Gasteiger partial charge in [-0.15, -0.1) is 0 Å². The summed E-state index contributed by atoms with van der Waals surface area (Å²) in [6.07, 6.45) is 2.19. The van der Waals surface area contributed by atoms with Gasteiger partial charge in [-0.25, -0.2) is 4.39 Å². The second kappa shape index (κ2) is 13.0. The van der Waals surface area contributed by atoms with E-state index in [0.717, 1.165) is 12.8 Å². The first-order chi connectivity index (χ1) is 20.9. The number of rotatable bonds is 9. The van der Waals surface area contributed by atoms with Crippen LogP contribution in [0.3, 0.4) is 0 Å². The molecule has 2 fully saturated rings. The maximum atomic E-state index is 15.0. The Morgan fingerprint density at radius 1 is 1.11 bits per heavy atom. The summed E-state index contributed by atoms with van der Waals surface area (Å²) in [4.78, 5) is 56.0. The van der Waals surface area contributed by atoms with Crippen LogP contribution in [0.4, 0.5) is 33.0 Å². The number of hydrogen-bond acceptors (Lipinski definition) is 6. The number of hydrogen-bond donors (Lipinski definition) is 2. The van der Waals surface area contributed by atoms with Crippen LogP contribution in [0, 0.1) is 25.1 Å². The Balaban J connectivity index is 0.00000216. The molecule has 10 nitrogen and oxygen atoms in total. The zero-order chi connectivity index (χ0) is 32.3. The molecule has 3 amide bonds. The van der Waals surface area contributed by atoms with Crippen LogP contribution in [0.15, 0.2) is 47.3 Å². The molecule has 5 rings (SSSR count). The number of nitrogens with zero attached hydrogens (tertiary/aromatic N) is 3. The largest absolute Gasteiger partial charge is 0.379 e. The molecule has 0 unspecified atom stereocenters. The second-order valence-electron chi connectivity index (χ2n) is 11.4. The molecule has 3 aromatic rings. The summed E-state index contributed by atoms with van der Waals surface area (Å²) in [5.41, 5.74) is 0.686. The van der Waals surface area contributed by atoms with Crippen LogP contribution in [0.1, 0.15) is 55.1 Å². The van der Waals surface area contributed by atoms with Gasteiger partial charge in [-0.2, -0.15) is 0 Å². The topological polar surface area (TPSA) is 113 Å². The summed E-state index contributed by atoms with van der Waals surface area (Å²) >= 11 is 0. The van der Waals surface area contributed by atoms with Gasteiger partial charge in [0.2, 0.25) is 12.3 Å². The molecule has 11 heteroatoms. The third-order valence-electron chi connectivity index (χ3n) is 7.91. The molecule has 0 spiro atoms. The number of pyridine rings is 1. The van der Waals surface area contributed by atoms with E-state index in [1.165, 1.54) is 28.6 Å². The van der Waals surface area contributed by atoms with Crippen LogP contribution in [0.2, 0.25) is 0 Å². The molecular formula is C33H40FN5O5. The normalized spacial score (nSPS) is 14.8. The number of ether oxygens (including phenoxy) is 1. The van der Waals surface area contributed by atoms with Crippen molar-refractivity contribution >= 4 is 46.8 Å². The van der Waals surface area contributed by atoms with E-state index in [-0.39, 0.29) is 40.3 Å². The van der Waals surface area contributed by atoms with E-state index in [2.05, 4.69) is 10.6 Å². The van der Waals surface area contributed by atoms with Crippen LogP contribution < -0.4 is 21.1 Å². The Morgan fingerprint density at radius 3 is 2.36 bits per heavy atom. The molecular weight excluding hydrogens is 565 g/mol. The SMILES string of the molecule is CC.Cc1ccc(Nc2c(C(=O)N(C)C3CC3)c(N(C=O)c3cccc(NC(=O)C4(C)COC4)c3)c(C)c(=O)n2C)c(F)c1. The lowest BCUT2D eigenvalue weighted by atomic mass is 9.87. The van der Waals surface area contributed by atoms with Crippen molar-refractivity contribution in [3.05, 3.63) is 75.3 Å². The second-order valence-corrected chi connectivity index (χ2v) is 11.4. The predicted molar refractivity (Wildman–Crippen MR) is 170 cm³/mol. The average Bonchev–Trinajstić information content (AvgIpc) is 3.85. The molecule has 44 heavy (non-hydrogen) atoms. The van der Waals surface area contributed by atoms with Crippen molar-refractivity contribution in [2.24, 2.45) is 12.5 Å². The third kappa shape index (κ3) is 6.23. The van der Waals surface area contributed by atoms with Crippen molar-refractivity contribution in [1.82, 2.24) is 9.47 Å². The summed E-state index contributed by atoms with van der Waals surface area (Å²) < 4.78 is 21.4. The van der Waals surface area contributed by atoms with Crippen molar-refractivity contribution in [3.8, 4) is 0 Å². The van der Waals surface area contributed by atoms with Gasteiger partial charge in [-0.1, -0.05) is 26.0 Å². The molecule has 0 radical (unpaired) electrons. The quantitative estimate of drug-likeness (QED) is 0.315. The summed E-state index contributed by atoms with van der Waals surface area (Å²) in [7, 11) is 3.17. The average molecular weight is 606 g/mol. The first-order valence-electron chi connectivity index (χ1n) is 14.7. The highest BCUT2D eigenvalue weighted by atomic mass is 19.1. The zero-order valence-corrected chi connectivity index (χ0v) is 26.3. The number of halogens is 1. The van der Waals surface area contributed by atoms with Crippen molar-refractivity contribution < 1.29 is 23.5 Å². The smallest absolute Gasteiger partial charge is 0.259 e. The van der Waals surface area contributed by atoms with Crippen LogP contribution >= 0.6 is 0 Å². The van der Waals surface area contributed by atoms with Gasteiger partial charge in [0, 0.05) is 31.4 Å². The first-order valence-corrected chi connectivity index (χ1v) is 14.7. The molecule has 2 aromatic carbocycles. The lowest BCUT2D eigenvalue weighted by Crippen LogP contribution is -2.49. The highest BCUT2D eigenvalue weighted by Crippen LogP contribution is 2.38. The Kier molecular flexibility index (Phi) is 9.58. The molecule has 234 valence electrons. The fourth-order valence-electron chi connectivity index (χ4n) is 5.02. The Hall–Kier alpha value is -4.51. The summed E-state index contributed by atoms with van der Waals surface area (Å²) in [6, 6.07) is 11.2. The monoisotopic (exact) mass is 605 g/mol.